The van der Waals surface area contributed by atoms with E-state index in [4.69, 9.17) is 4.42 Å². The number of furan rings is 1. The Bertz CT molecular complexity index is 770. The van der Waals surface area contributed by atoms with Gasteiger partial charge in [0.05, 0.1) is 12.5 Å². The Morgan fingerprint density at radius 3 is 2.68 bits per heavy atom. The normalized spacial score (nSPS) is 28.9. The van der Waals surface area contributed by atoms with Crippen molar-refractivity contribution >= 4 is 11.6 Å². The van der Waals surface area contributed by atoms with E-state index >= 15 is 0 Å². The molecule has 1 aromatic heterocycles. The van der Waals surface area contributed by atoms with E-state index in [0.29, 0.717) is 31.6 Å². The summed E-state index contributed by atoms with van der Waals surface area (Å²) < 4.78 is 46.9. The lowest BCUT2D eigenvalue weighted by Gasteiger charge is -2.37. The number of likely N-dealkylation sites (tertiary alicyclic amines) is 1. The number of carbonyl (C=O) groups is 1. The van der Waals surface area contributed by atoms with Gasteiger partial charge in [-0.3, -0.25) is 9.69 Å². The number of fused-ring (bicyclic) bond motifs is 1. The van der Waals surface area contributed by atoms with E-state index in [1.54, 1.807) is 6.07 Å². The van der Waals surface area contributed by atoms with Crippen LogP contribution in [-0.2, 0) is 6.54 Å². The number of carbonyl (C=O) groups excluding carboxylic acids is 1. The van der Waals surface area contributed by atoms with Crippen LogP contribution in [0.1, 0.15) is 61.3 Å². The fourth-order valence-corrected chi connectivity index (χ4v) is 4.44. The number of hydrogen-bond donors (Lipinski definition) is 1. The first-order valence-corrected chi connectivity index (χ1v) is 9.83. The van der Waals surface area contributed by atoms with Crippen LogP contribution in [0, 0.1) is 5.92 Å². The molecule has 0 radical (unpaired) electrons. The minimum atomic E-state index is -5.01. The number of aliphatic hydroxyl groups is 1. The molecule has 28 heavy (non-hydrogen) atoms. The van der Waals surface area contributed by atoms with Gasteiger partial charge >= 0.3 is 12.1 Å². The third-order valence-corrected chi connectivity index (χ3v) is 5.93. The standard InChI is InChI=1S/C19H24F3N3O3/c20-19(21,22)18(27)14-6-2-3-7-15(14)23-25(18)17(26)16-9-8-13(28-16)12-24-10-4-1-5-11-24/h8-9,14,27H,1-7,10-12H2. The van der Waals surface area contributed by atoms with Crippen LogP contribution >= 0.6 is 0 Å². The number of nitrogens with zero attached hydrogens (tertiary/aromatic N) is 3. The van der Waals surface area contributed by atoms with Crippen LogP contribution in [0.4, 0.5) is 13.2 Å². The first kappa shape index (κ1) is 19.4. The predicted octanol–water partition coefficient (Wildman–Crippen LogP) is 3.52. The van der Waals surface area contributed by atoms with E-state index in [-0.39, 0.29) is 22.9 Å². The summed E-state index contributed by atoms with van der Waals surface area (Å²) in [5, 5.41) is 14.7. The molecule has 1 saturated heterocycles. The molecule has 9 heteroatoms. The maximum Gasteiger partial charge on any atom is 0.439 e. The highest BCUT2D eigenvalue weighted by Gasteiger charge is 2.68. The molecule has 3 aliphatic rings. The average molecular weight is 399 g/mol. The maximum atomic E-state index is 13.8. The van der Waals surface area contributed by atoms with Gasteiger partial charge in [0.1, 0.15) is 5.76 Å². The Kier molecular flexibility index (Phi) is 4.99. The van der Waals surface area contributed by atoms with Gasteiger partial charge in [0, 0.05) is 5.71 Å². The number of hydrogen-bond acceptors (Lipinski definition) is 5. The molecule has 0 aromatic carbocycles. The van der Waals surface area contributed by atoms with Gasteiger partial charge in [-0.25, -0.2) is 0 Å². The highest BCUT2D eigenvalue weighted by atomic mass is 19.4. The van der Waals surface area contributed by atoms with E-state index in [2.05, 4.69) is 10.0 Å². The number of hydrazone groups is 1. The fraction of sp³-hybridized carbons (Fsp3) is 0.684. The summed E-state index contributed by atoms with van der Waals surface area (Å²) >= 11 is 0. The van der Waals surface area contributed by atoms with Crippen molar-refractivity contribution in [2.45, 2.75) is 63.4 Å². The van der Waals surface area contributed by atoms with Gasteiger partial charge < -0.3 is 9.52 Å². The molecule has 1 N–H and O–H groups in total. The van der Waals surface area contributed by atoms with Crippen molar-refractivity contribution in [1.82, 2.24) is 9.91 Å². The molecule has 0 bridgehead atoms. The Labute approximate surface area is 161 Å². The number of rotatable bonds is 3. The molecule has 1 amide bonds. The van der Waals surface area contributed by atoms with Crippen LogP contribution < -0.4 is 0 Å². The highest BCUT2D eigenvalue weighted by Crippen LogP contribution is 2.48. The maximum absolute atomic E-state index is 13.8. The van der Waals surface area contributed by atoms with Gasteiger partial charge in [0.25, 0.3) is 5.72 Å². The smallest absolute Gasteiger partial charge is 0.439 e. The minimum absolute atomic E-state index is 0.150. The summed E-state index contributed by atoms with van der Waals surface area (Å²) in [5.41, 5.74) is -3.08. The molecule has 1 saturated carbocycles. The minimum Gasteiger partial charge on any atom is -0.454 e. The van der Waals surface area contributed by atoms with Crippen LogP contribution in [0.25, 0.3) is 0 Å². The van der Waals surface area contributed by atoms with Crippen LogP contribution in [0.3, 0.4) is 0 Å². The van der Waals surface area contributed by atoms with Gasteiger partial charge in [-0.15, -0.1) is 0 Å². The van der Waals surface area contributed by atoms with Crippen molar-refractivity contribution in [1.29, 1.82) is 0 Å². The van der Waals surface area contributed by atoms with Gasteiger partial charge in [-0.1, -0.05) is 12.8 Å². The summed E-state index contributed by atoms with van der Waals surface area (Å²) in [6, 6.07) is 2.96. The zero-order chi connectivity index (χ0) is 19.9. The third-order valence-electron chi connectivity index (χ3n) is 5.93. The van der Waals surface area contributed by atoms with Crippen molar-refractivity contribution in [3.05, 3.63) is 23.7 Å². The van der Waals surface area contributed by atoms with Gasteiger partial charge in [0.15, 0.2) is 5.76 Å². The Morgan fingerprint density at radius 2 is 1.96 bits per heavy atom. The second-order valence-corrected chi connectivity index (χ2v) is 7.83. The fourth-order valence-electron chi connectivity index (χ4n) is 4.44. The van der Waals surface area contributed by atoms with Crippen LogP contribution in [0.2, 0.25) is 0 Å². The lowest BCUT2D eigenvalue weighted by atomic mass is 9.80. The molecular formula is C19H24F3N3O3. The quantitative estimate of drug-likeness (QED) is 0.845. The number of amides is 1. The number of alkyl halides is 3. The Morgan fingerprint density at radius 1 is 1.21 bits per heavy atom. The molecule has 2 atom stereocenters. The van der Waals surface area contributed by atoms with Crippen LogP contribution in [-0.4, -0.2) is 51.6 Å². The second kappa shape index (κ2) is 7.18. The van der Waals surface area contributed by atoms with Crippen molar-refractivity contribution in [3.63, 3.8) is 0 Å². The van der Waals surface area contributed by atoms with E-state index < -0.39 is 23.7 Å². The van der Waals surface area contributed by atoms with E-state index in [0.717, 1.165) is 25.9 Å². The molecule has 1 aliphatic carbocycles. The van der Waals surface area contributed by atoms with Crippen LogP contribution in [0.5, 0.6) is 0 Å². The third kappa shape index (κ3) is 3.24. The van der Waals surface area contributed by atoms with E-state index in [1.165, 1.54) is 12.5 Å². The Balaban J connectivity index is 1.57. The second-order valence-electron chi connectivity index (χ2n) is 7.83. The average Bonchev–Trinajstić information content (AvgIpc) is 3.25. The molecule has 1 aromatic rings. The SMILES string of the molecule is O=C(c1ccc(CN2CCCCC2)o1)N1N=C2CCCCC2C1(O)C(F)(F)F. The molecule has 2 unspecified atom stereocenters. The highest BCUT2D eigenvalue weighted by molar-refractivity contribution is 5.98. The van der Waals surface area contributed by atoms with Gasteiger partial charge in [-0.05, 0) is 57.3 Å². The van der Waals surface area contributed by atoms with E-state index in [9.17, 15) is 23.1 Å². The molecule has 2 fully saturated rings. The van der Waals surface area contributed by atoms with Crippen molar-refractivity contribution < 1.29 is 27.5 Å². The molecule has 154 valence electrons. The summed E-state index contributed by atoms with van der Waals surface area (Å²) in [7, 11) is 0. The summed E-state index contributed by atoms with van der Waals surface area (Å²) in [6.07, 6.45) is 0.124. The molecule has 6 nitrogen and oxygen atoms in total. The number of halogens is 3. The predicted molar refractivity (Wildman–Crippen MR) is 94.4 cm³/mol. The van der Waals surface area contributed by atoms with Gasteiger partial charge in [-0.2, -0.15) is 23.3 Å². The molecule has 4 rings (SSSR count). The molecular weight excluding hydrogens is 375 g/mol. The first-order chi connectivity index (χ1) is 13.3. The molecule has 2 aliphatic heterocycles. The molecule has 3 heterocycles. The summed E-state index contributed by atoms with van der Waals surface area (Å²) in [5.74, 6) is -2.00. The summed E-state index contributed by atoms with van der Waals surface area (Å²) in [4.78, 5) is 15.0. The Hall–Kier alpha value is -1.87. The lowest BCUT2D eigenvalue weighted by molar-refractivity contribution is -0.312. The van der Waals surface area contributed by atoms with E-state index in [1.807, 2.05) is 0 Å². The zero-order valence-corrected chi connectivity index (χ0v) is 15.5. The monoisotopic (exact) mass is 399 g/mol. The van der Waals surface area contributed by atoms with Crippen molar-refractivity contribution in [2.24, 2.45) is 11.0 Å². The molecule has 0 spiro atoms. The van der Waals surface area contributed by atoms with Crippen molar-refractivity contribution in [3.8, 4) is 0 Å². The largest absolute Gasteiger partial charge is 0.454 e. The topological polar surface area (TPSA) is 69.3 Å². The first-order valence-electron chi connectivity index (χ1n) is 9.83. The number of piperidine rings is 1. The van der Waals surface area contributed by atoms with Crippen molar-refractivity contribution in [2.75, 3.05) is 13.1 Å². The van der Waals surface area contributed by atoms with Crippen LogP contribution in [0.15, 0.2) is 21.7 Å². The lowest BCUT2D eigenvalue weighted by Crippen LogP contribution is -2.61. The summed E-state index contributed by atoms with van der Waals surface area (Å²) in [6.45, 7) is 2.37. The zero-order valence-electron chi connectivity index (χ0n) is 15.5. The van der Waals surface area contributed by atoms with Gasteiger partial charge in [0.2, 0.25) is 0 Å².